The number of nitrogens with one attached hydrogen (secondary N) is 2. The molecule has 34 heavy (non-hydrogen) atoms. The predicted molar refractivity (Wildman–Crippen MR) is 130 cm³/mol. The number of urea groups is 1. The third kappa shape index (κ3) is 4.85. The molecule has 3 heterocycles. The number of nitrogens with zero attached hydrogens (tertiary/aromatic N) is 4. The summed E-state index contributed by atoms with van der Waals surface area (Å²) in [5.74, 6) is 0. The summed E-state index contributed by atoms with van der Waals surface area (Å²) >= 11 is 0. The van der Waals surface area contributed by atoms with Crippen molar-refractivity contribution < 1.29 is 9.53 Å². The Morgan fingerprint density at radius 3 is 2.68 bits per heavy atom. The highest BCUT2D eigenvalue weighted by molar-refractivity contribution is 5.89. The number of ether oxygens (including phenoxy) is 1. The molecule has 2 N–H and O–H groups in total. The van der Waals surface area contributed by atoms with E-state index in [1.807, 2.05) is 30.3 Å². The van der Waals surface area contributed by atoms with E-state index in [-0.39, 0.29) is 17.3 Å². The zero-order chi connectivity index (χ0) is 23.4. The molecule has 180 valence electrons. The lowest BCUT2D eigenvalue weighted by Crippen LogP contribution is -2.60. The summed E-state index contributed by atoms with van der Waals surface area (Å²) in [7, 11) is 0. The van der Waals surface area contributed by atoms with Gasteiger partial charge in [-0.3, -0.25) is 9.30 Å². The fourth-order valence-electron chi connectivity index (χ4n) is 5.26. The number of benzene rings is 1. The van der Waals surface area contributed by atoms with Crippen molar-refractivity contribution in [2.45, 2.75) is 44.2 Å². The Morgan fingerprint density at radius 1 is 1.06 bits per heavy atom. The number of hydrogen-bond donors (Lipinski definition) is 2. The fraction of sp³-hybridized carbons (Fsp3) is 0.480. The van der Waals surface area contributed by atoms with E-state index in [0.29, 0.717) is 24.4 Å². The number of carbonyl (C=O) groups excluding carboxylic acids is 1. The van der Waals surface area contributed by atoms with Crippen LogP contribution in [0.25, 0.3) is 5.65 Å². The van der Waals surface area contributed by atoms with Gasteiger partial charge >= 0.3 is 11.7 Å². The second kappa shape index (κ2) is 9.99. The monoisotopic (exact) mass is 464 g/mol. The minimum Gasteiger partial charge on any atom is -0.379 e. The van der Waals surface area contributed by atoms with Gasteiger partial charge in [0.1, 0.15) is 0 Å². The van der Waals surface area contributed by atoms with E-state index in [1.54, 1.807) is 18.3 Å². The number of anilines is 1. The number of aromatic nitrogens is 3. The smallest absolute Gasteiger partial charge is 0.350 e. The molecule has 0 unspecified atom stereocenters. The molecule has 3 aromatic rings. The Kier molecular flexibility index (Phi) is 6.64. The van der Waals surface area contributed by atoms with Gasteiger partial charge in [-0.05, 0) is 42.7 Å². The number of morpholine rings is 1. The molecule has 2 fully saturated rings. The fourth-order valence-corrected chi connectivity index (χ4v) is 5.26. The molecule has 9 nitrogen and oxygen atoms in total. The standard InChI is InChI=1S/C25H32N6O3/c32-23(26-19-25(10-3-1-4-11-25)29-13-15-34-16-14-29)27-21-8-6-7-20(17-21)18-31-24(33)30-12-5-2-9-22(30)28-31/h2,5-9,12,17H,1,3-4,10-11,13-16,18-19H2,(H2,26,27,32). The largest absolute Gasteiger partial charge is 0.379 e. The summed E-state index contributed by atoms with van der Waals surface area (Å²) < 4.78 is 8.50. The lowest BCUT2D eigenvalue weighted by molar-refractivity contribution is -0.0356. The topological polar surface area (TPSA) is 92.9 Å². The highest BCUT2D eigenvalue weighted by Gasteiger charge is 2.38. The van der Waals surface area contributed by atoms with Gasteiger partial charge in [0.05, 0.1) is 19.8 Å². The molecule has 0 radical (unpaired) electrons. The van der Waals surface area contributed by atoms with Gasteiger partial charge in [0, 0.05) is 37.1 Å². The molecular weight excluding hydrogens is 432 g/mol. The lowest BCUT2D eigenvalue weighted by atomic mass is 9.80. The third-order valence-corrected chi connectivity index (χ3v) is 7.05. The molecule has 9 heteroatoms. The maximum Gasteiger partial charge on any atom is 0.350 e. The lowest BCUT2D eigenvalue weighted by Gasteiger charge is -2.48. The SMILES string of the molecule is O=C(NCC1(N2CCOCC2)CCCCC1)Nc1cccc(Cn2nc3ccccn3c2=O)c1. The second-order valence-electron chi connectivity index (χ2n) is 9.26. The van der Waals surface area contributed by atoms with Gasteiger partial charge in [0.15, 0.2) is 5.65 Å². The number of fused-ring (bicyclic) bond motifs is 1. The number of hydrogen-bond acceptors (Lipinski definition) is 5. The maximum absolute atomic E-state index is 12.8. The Hall–Kier alpha value is -3.17. The van der Waals surface area contributed by atoms with Crippen molar-refractivity contribution in [3.63, 3.8) is 0 Å². The van der Waals surface area contributed by atoms with Crippen LogP contribution in [0.3, 0.4) is 0 Å². The highest BCUT2D eigenvalue weighted by Crippen LogP contribution is 2.33. The van der Waals surface area contributed by atoms with Gasteiger partial charge in [-0.25, -0.2) is 14.3 Å². The molecule has 2 aliphatic rings. The van der Waals surface area contributed by atoms with Gasteiger partial charge in [0.2, 0.25) is 0 Å². The first-order valence-electron chi connectivity index (χ1n) is 12.1. The van der Waals surface area contributed by atoms with Gasteiger partial charge in [-0.2, -0.15) is 0 Å². The van der Waals surface area contributed by atoms with Crippen LogP contribution in [0.1, 0.15) is 37.7 Å². The molecule has 0 bridgehead atoms. The van der Waals surface area contributed by atoms with Crippen molar-refractivity contribution in [2.24, 2.45) is 0 Å². The van der Waals surface area contributed by atoms with Crippen molar-refractivity contribution in [3.8, 4) is 0 Å². The molecule has 2 amide bonds. The Balaban J connectivity index is 1.23. The number of rotatable bonds is 6. The van der Waals surface area contributed by atoms with E-state index in [4.69, 9.17) is 4.74 Å². The van der Waals surface area contributed by atoms with Crippen LogP contribution in [-0.2, 0) is 11.3 Å². The average Bonchev–Trinajstić information content (AvgIpc) is 3.19. The third-order valence-electron chi connectivity index (χ3n) is 7.05. The molecular formula is C25H32N6O3. The molecule has 0 atom stereocenters. The van der Waals surface area contributed by atoms with Crippen LogP contribution in [0.15, 0.2) is 53.5 Å². The molecule has 0 spiro atoms. The van der Waals surface area contributed by atoms with Gasteiger partial charge in [0.25, 0.3) is 0 Å². The van der Waals surface area contributed by atoms with Gasteiger partial charge < -0.3 is 15.4 Å². The zero-order valence-corrected chi connectivity index (χ0v) is 19.4. The predicted octanol–water partition coefficient (Wildman–Crippen LogP) is 2.70. The van der Waals surface area contributed by atoms with Gasteiger partial charge in [-0.15, -0.1) is 5.10 Å². The van der Waals surface area contributed by atoms with E-state index in [2.05, 4.69) is 20.6 Å². The molecule has 1 aliphatic heterocycles. The van der Waals surface area contributed by atoms with Crippen LogP contribution in [0, 0.1) is 0 Å². The van der Waals surface area contributed by atoms with Crippen molar-refractivity contribution in [1.29, 1.82) is 0 Å². The Bertz CT molecular complexity index is 1190. The number of carbonyl (C=O) groups is 1. The molecule has 2 aromatic heterocycles. The van der Waals surface area contributed by atoms with E-state index >= 15 is 0 Å². The first kappa shape index (κ1) is 22.6. The van der Waals surface area contributed by atoms with Crippen molar-refractivity contribution in [3.05, 3.63) is 64.7 Å². The summed E-state index contributed by atoms with van der Waals surface area (Å²) in [6, 6.07) is 12.8. The molecule has 1 aliphatic carbocycles. The van der Waals surface area contributed by atoms with Crippen LogP contribution >= 0.6 is 0 Å². The van der Waals surface area contributed by atoms with Crippen LogP contribution in [0.4, 0.5) is 10.5 Å². The summed E-state index contributed by atoms with van der Waals surface area (Å²) in [5.41, 5.74) is 2.02. The highest BCUT2D eigenvalue weighted by atomic mass is 16.5. The average molecular weight is 465 g/mol. The summed E-state index contributed by atoms with van der Waals surface area (Å²) in [5, 5.41) is 10.5. The van der Waals surface area contributed by atoms with Crippen molar-refractivity contribution in [1.82, 2.24) is 24.4 Å². The quantitative estimate of drug-likeness (QED) is 0.585. The first-order chi connectivity index (χ1) is 16.6. The zero-order valence-electron chi connectivity index (χ0n) is 19.4. The minimum absolute atomic E-state index is 0.0194. The Morgan fingerprint density at radius 2 is 1.88 bits per heavy atom. The van der Waals surface area contributed by atoms with E-state index in [0.717, 1.165) is 44.7 Å². The van der Waals surface area contributed by atoms with Crippen molar-refractivity contribution in [2.75, 3.05) is 38.2 Å². The summed E-state index contributed by atoms with van der Waals surface area (Å²) in [4.78, 5) is 27.9. The molecule has 1 saturated carbocycles. The first-order valence-corrected chi connectivity index (χ1v) is 12.1. The van der Waals surface area contributed by atoms with E-state index in [1.165, 1.54) is 28.3 Å². The summed E-state index contributed by atoms with van der Waals surface area (Å²) in [6.45, 7) is 4.33. The van der Waals surface area contributed by atoms with Crippen LogP contribution in [0.2, 0.25) is 0 Å². The van der Waals surface area contributed by atoms with Crippen LogP contribution in [0.5, 0.6) is 0 Å². The molecule has 5 rings (SSSR count). The van der Waals surface area contributed by atoms with Crippen LogP contribution < -0.4 is 16.3 Å². The second-order valence-corrected chi connectivity index (χ2v) is 9.26. The number of pyridine rings is 1. The Labute approximate surface area is 198 Å². The van der Waals surface area contributed by atoms with Crippen LogP contribution in [-0.4, -0.2) is 63.5 Å². The van der Waals surface area contributed by atoms with Gasteiger partial charge in [-0.1, -0.05) is 37.5 Å². The van der Waals surface area contributed by atoms with Crippen molar-refractivity contribution >= 4 is 17.4 Å². The molecule has 1 saturated heterocycles. The molecule has 1 aromatic carbocycles. The normalized spacial score (nSPS) is 18.6. The summed E-state index contributed by atoms with van der Waals surface area (Å²) in [6.07, 6.45) is 7.59. The maximum atomic E-state index is 12.8. The number of amides is 2. The van der Waals surface area contributed by atoms with E-state index in [9.17, 15) is 9.59 Å². The minimum atomic E-state index is -0.208. The van der Waals surface area contributed by atoms with E-state index < -0.39 is 0 Å².